The van der Waals surface area contributed by atoms with Crippen LogP contribution in [0.2, 0.25) is 0 Å². The average Bonchev–Trinajstić information content (AvgIpc) is 3.39. The van der Waals surface area contributed by atoms with E-state index in [1.165, 1.54) is 49.4 Å². The van der Waals surface area contributed by atoms with Crippen LogP contribution in [0.15, 0.2) is 150 Å². The van der Waals surface area contributed by atoms with E-state index in [0.717, 1.165) is 27.5 Å². The van der Waals surface area contributed by atoms with Crippen molar-refractivity contribution in [3.63, 3.8) is 0 Å². The summed E-state index contributed by atoms with van der Waals surface area (Å²) in [5.41, 5.74) is 9.09. The Labute approximate surface area is 226 Å². The topological polar surface area (TPSA) is 13.1 Å². The van der Waals surface area contributed by atoms with Crippen molar-refractivity contribution in [3.8, 4) is 33.4 Å². The summed E-state index contributed by atoms with van der Waals surface area (Å²) >= 11 is 0. The van der Waals surface area contributed by atoms with Gasteiger partial charge in [0, 0.05) is 16.3 Å². The second-order valence-electron chi connectivity index (χ2n) is 10.0. The lowest BCUT2D eigenvalue weighted by molar-refractivity contribution is 0.670. The molecule has 1 heteroatoms. The lowest BCUT2D eigenvalue weighted by atomic mass is 9.83. The minimum atomic E-state index is 0.916. The fourth-order valence-corrected chi connectivity index (χ4v) is 6.23. The largest absolute Gasteiger partial charge is 0.455 e. The molecule has 0 saturated heterocycles. The molecule has 0 radical (unpaired) electrons. The van der Waals surface area contributed by atoms with E-state index in [4.69, 9.17) is 4.42 Å². The van der Waals surface area contributed by atoms with Gasteiger partial charge in [-0.15, -0.1) is 0 Å². The second-order valence-corrected chi connectivity index (χ2v) is 10.0. The SMILES string of the molecule is c1ccc(-c2c3ccccc3c(-c3ccccc3)c3c(-c4cccc5c4oc4ccccc45)cccc23)cc1. The second kappa shape index (κ2) is 8.72. The van der Waals surface area contributed by atoms with Crippen molar-refractivity contribution in [2.75, 3.05) is 0 Å². The molecule has 8 rings (SSSR count). The van der Waals surface area contributed by atoms with E-state index in [9.17, 15) is 0 Å². The minimum absolute atomic E-state index is 0.916. The zero-order chi connectivity index (χ0) is 25.8. The summed E-state index contributed by atoms with van der Waals surface area (Å²) in [5.74, 6) is 0. The Morgan fingerprint density at radius 3 is 1.56 bits per heavy atom. The molecular weight excluding hydrogens is 472 g/mol. The first-order chi connectivity index (χ1) is 19.4. The highest BCUT2D eigenvalue weighted by Gasteiger charge is 2.21. The van der Waals surface area contributed by atoms with E-state index in [1.54, 1.807) is 0 Å². The third-order valence-electron chi connectivity index (χ3n) is 7.87. The normalized spacial score (nSPS) is 11.6. The Balaban J connectivity index is 1.60. The molecule has 0 bridgehead atoms. The molecule has 1 nitrogen and oxygen atoms in total. The first-order valence-corrected chi connectivity index (χ1v) is 13.4. The molecular formula is C38H24O. The van der Waals surface area contributed by atoms with E-state index in [-0.39, 0.29) is 0 Å². The van der Waals surface area contributed by atoms with Crippen LogP contribution in [-0.2, 0) is 0 Å². The third-order valence-corrected chi connectivity index (χ3v) is 7.87. The highest BCUT2D eigenvalue weighted by Crippen LogP contribution is 2.48. The summed E-state index contributed by atoms with van der Waals surface area (Å²) in [6.45, 7) is 0. The van der Waals surface area contributed by atoms with Crippen LogP contribution < -0.4 is 0 Å². The molecule has 0 atom stereocenters. The molecule has 0 amide bonds. The highest BCUT2D eigenvalue weighted by atomic mass is 16.3. The van der Waals surface area contributed by atoms with Crippen molar-refractivity contribution in [1.29, 1.82) is 0 Å². The van der Waals surface area contributed by atoms with Gasteiger partial charge in [-0.1, -0.05) is 140 Å². The number of para-hydroxylation sites is 2. The molecule has 8 aromatic rings. The quantitative estimate of drug-likeness (QED) is 0.222. The maximum Gasteiger partial charge on any atom is 0.143 e. The Morgan fingerprint density at radius 1 is 0.333 bits per heavy atom. The average molecular weight is 497 g/mol. The van der Waals surface area contributed by atoms with Gasteiger partial charge in [-0.3, -0.25) is 0 Å². The lowest BCUT2D eigenvalue weighted by Gasteiger charge is -2.20. The van der Waals surface area contributed by atoms with Crippen molar-refractivity contribution in [2.45, 2.75) is 0 Å². The zero-order valence-corrected chi connectivity index (χ0v) is 21.3. The van der Waals surface area contributed by atoms with Gasteiger partial charge in [0.25, 0.3) is 0 Å². The van der Waals surface area contributed by atoms with Crippen LogP contribution in [0.3, 0.4) is 0 Å². The van der Waals surface area contributed by atoms with Crippen LogP contribution in [0, 0.1) is 0 Å². The number of furan rings is 1. The van der Waals surface area contributed by atoms with Crippen LogP contribution in [0.1, 0.15) is 0 Å². The zero-order valence-electron chi connectivity index (χ0n) is 21.3. The summed E-state index contributed by atoms with van der Waals surface area (Å²) in [7, 11) is 0. The van der Waals surface area contributed by atoms with Crippen LogP contribution in [0.5, 0.6) is 0 Å². The van der Waals surface area contributed by atoms with E-state index in [2.05, 4.69) is 140 Å². The van der Waals surface area contributed by atoms with Crippen molar-refractivity contribution in [1.82, 2.24) is 0 Å². The van der Waals surface area contributed by atoms with Gasteiger partial charge in [0.05, 0.1) is 0 Å². The molecule has 0 aliphatic carbocycles. The maximum atomic E-state index is 6.53. The first kappa shape index (κ1) is 21.9. The van der Waals surface area contributed by atoms with Crippen molar-refractivity contribution in [3.05, 3.63) is 146 Å². The molecule has 1 heterocycles. The molecule has 0 spiro atoms. The van der Waals surface area contributed by atoms with Crippen LogP contribution >= 0.6 is 0 Å². The number of hydrogen-bond acceptors (Lipinski definition) is 1. The van der Waals surface area contributed by atoms with Gasteiger partial charge >= 0.3 is 0 Å². The number of benzene rings is 7. The first-order valence-electron chi connectivity index (χ1n) is 13.4. The molecule has 0 aliphatic rings. The van der Waals surface area contributed by atoms with Gasteiger partial charge in [0.2, 0.25) is 0 Å². The van der Waals surface area contributed by atoms with Crippen molar-refractivity contribution >= 4 is 43.5 Å². The number of fused-ring (bicyclic) bond motifs is 5. The summed E-state index contributed by atoms with van der Waals surface area (Å²) in [6, 6.07) is 51.9. The molecule has 1 aromatic heterocycles. The molecule has 0 N–H and O–H groups in total. The lowest BCUT2D eigenvalue weighted by Crippen LogP contribution is -1.93. The fraction of sp³-hybridized carbons (Fsp3) is 0. The Morgan fingerprint density at radius 2 is 0.846 bits per heavy atom. The smallest absolute Gasteiger partial charge is 0.143 e. The molecule has 182 valence electrons. The van der Waals surface area contributed by atoms with Crippen molar-refractivity contribution < 1.29 is 4.42 Å². The third kappa shape index (κ3) is 3.34. The van der Waals surface area contributed by atoms with Gasteiger partial charge in [0.1, 0.15) is 11.2 Å². The van der Waals surface area contributed by atoms with E-state index >= 15 is 0 Å². The summed E-state index contributed by atoms with van der Waals surface area (Å²) in [4.78, 5) is 0. The van der Waals surface area contributed by atoms with Gasteiger partial charge in [0.15, 0.2) is 0 Å². The van der Waals surface area contributed by atoms with Gasteiger partial charge in [-0.05, 0) is 55.4 Å². The van der Waals surface area contributed by atoms with Crippen LogP contribution in [0.4, 0.5) is 0 Å². The molecule has 39 heavy (non-hydrogen) atoms. The van der Waals surface area contributed by atoms with Crippen molar-refractivity contribution in [2.24, 2.45) is 0 Å². The maximum absolute atomic E-state index is 6.53. The van der Waals surface area contributed by atoms with Gasteiger partial charge in [-0.25, -0.2) is 0 Å². The molecule has 0 fully saturated rings. The molecule has 0 saturated carbocycles. The molecule has 0 unspecified atom stereocenters. The number of rotatable bonds is 3. The predicted molar refractivity (Wildman–Crippen MR) is 165 cm³/mol. The predicted octanol–water partition coefficient (Wildman–Crippen LogP) is 10.9. The van der Waals surface area contributed by atoms with E-state index in [0.29, 0.717) is 0 Å². The van der Waals surface area contributed by atoms with E-state index < -0.39 is 0 Å². The molecule has 0 aliphatic heterocycles. The summed E-state index contributed by atoms with van der Waals surface area (Å²) < 4.78 is 6.53. The Bertz CT molecular complexity index is 2150. The summed E-state index contributed by atoms with van der Waals surface area (Å²) in [6.07, 6.45) is 0. The molecule has 7 aromatic carbocycles. The Hall–Kier alpha value is -5.14. The van der Waals surface area contributed by atoms with E-state index in [1.807, 2.05) is 6.07 Å². The fourth-order valence-electron chi connectivity index (χ4n) is 6.23. The van der Waals surface area contributed by atoms with Gasteiger partial charge in [-0.2, -0.15) is 0 Å². The monoisotopic (exact) mass is 496 g/mol. The Kier molecular flexibility index (Phi) is 4.89. The standard InChI is InChI=1S/C38H24O/c1-3-13-25(14-4-1)35-28-18-7-8-19-29(28)36(26-15-5-2-6-16-26)37-30(20-11-23-33(35)37)32-22-12-21-31-27-17-9-10-24-34(27)39-38(31)32/h1-24H. The number of hydrogen-bond donors (Lipinski definition) is 0. The highest BCUT2D eigenvalue weighted by molar-refractivity contribution is 6.25. The van der Waals surface area contributed by atoms with Crippen LogP contribution in [-0.4, -0.2) is 0 Å². The van der Waals surface area contributed by atoms with Gasteiger partial charge < -0.3 is 4.42 Å². The minimum Gasteiger partial charge on any atom is -0.455 e. The summed E-state index contributed by atoms with van der Waals surface area (Å²) in [5, 5.41) is 7.28. The van der Waals surface area contributed by atoms with Crippen LogP contribution in [0.25, 0.3) is 76.9 Å².